The van der Waals surface area contributed by atoms with Crippen LogP contribution in [0.15, 0.2) is 47.3 Å². The Bertz CT molecular complexity index is 541. The van der Waals surface area contributed by atoms with Gasteiger partial charge < -0.3 is 9.73 Å². The molecular weight excluding hydrogens is 260 g/mol. The number of hydrogen-bond donors (Lipinski definition) is 1. The molecule has 0 atom stereocenters. The van der Waals surface area contributed by atoms with E-state index >= 15 is 0 Å². The lowest BCUT2D eigenvalue weighted by molar-refractivity contribution is 0.317. The van der Waals surface area contributed by atoms with E-state index in [4.69, 9.17) is 4.42 Å². The maximum absolute atomic E-state index is 5.11. The maximum Gasteiger partial charge on any atom is 0.0947 e. The fourth-order valence-electron chi connectivity index (χ4n) is 2.27. The predicted octanol–water partition coefficient (Wildman–Crippen LogP) is 3.80. The molecule has 1 N–H and O–H groups in total. The van der Waals surface area contributed by atoms with E-state index in [0.717, 1.165) is 19.6 Å². The standard InChI is InChI=1S/C18H26N2O/c1-18(2,3)19-11-15-6-5-7-16(10-15)12-20(4)13-17-8-9-21-14-17/h5-10,14,19H,11-13H2,1-4H3. The van der Waals surface area contributed by atoms with Crippen LogP contribution >= 0.6 is 0 Å². The highest BCUT2D eigenvalue weighted by Crippen LogP contribution is 2.11. The van der Waals surface area contributed by atoms with Crippen molar-refractivity contribution in [2.45, 2.75) is 45.9 Å². The van der Waals surface area contributed by atoms with Crippen LogP contribution in [-0.2, 0) is 19.6 Å². The Balaban J connectivity index is 1.91. The highest BCUT2D eigenvalue weighted by Gasteiger charge is 2.09. The molecule has 3 nitrogen and oxygen atoms in total. The van der Waals surface area contributed by atoms with Crippen LogP contribution in [0.4, 0.5) is 0 Å². The summed E-state index contributed by atoms with van der Waals surface area (Å²) in [5.74, 6) is 0. The minimum Gasteiger partial charge on any atom is -0.472 e. The Morgan fingerprint density at radius 1 is 1.05 bits per heavy atom. The fraction of sp³-hybridized carbons (Fsp3) is 0.444. The van der Waals surface area contributed by atoms with Crippen LogP contribution in [0, 0.1) is 0 Å². The molecule has 0 aliphatic carbocycles. The van der Waals surface area contributed by atoms with Gasteiger partial charge in [0.1, 0.15) is 0 Å². The van der Waals surface area contributed by atoms with E-state index in [1.54, 1.807) is 12.5 Å². The van der Waals surface area contributed by atoms with E-state index in [0.29, 0.717) is 0 Å². The van der Waals surface area contributed by atoms with Crippen molar-refractivity contribution in [1.82, 2.24) is 10.2 Å². The first-order valence-corrected chi connectivity index (χ1v) is 7.45. The second-order valence-corrected chi connectivity index (χ2v) is 6.73. The summed E-state index contributed by atoms with van der Waals surface area (Å²) in [4.78, 5) is 2.29. The predicted molar refractivity (Wildman–Crippen MR) is 86.9 cm³/mol. The maximum atomic E-state index is 5.11. The number of hydrogen-bond acceptors (Lipinski definition) is 3. The normalized spacial score (nSPS) is 12.0. The van der Waals surface area contributed by atoms with E-state index in [1.165, 1.54) is 16.7 Å². The van der Waals surface area contributed by atoms with Crippen LogP contribution in [-0.4, -0.2) is 17.5 Å². The SMILES string of the molecule is CN(Cc1ccoc1)Cc1cccc(CNC(C)(C)C)c1. The van der Waals surface area contributed by atoms with Gasteiger partial charge in [-0.25, -0.2) is 0 Å². The van der Waals surface area contributed by atoms with Gasteiger partial charge in [0.2, 0.25) is 0 Å². The lowest BCUT2D eigenvalue weighted by Crippen LogP contribution is -2.35. The number of nitrogens with one attached hydrogen (secondary N) is 1. The molecule has 0 aliphatic heterocycles. The van der Waals surface area contributed by atoms with Crippen LogP contribution in [0.3, 0.4) is 0 Å². The van der Waals surface area contributed by atoms with Gasteiger partial charge in [-0.05, 0) is 45.0 Å². The number of rotatable bonds is 6. The van der Waals surface area contributed by atoms with Crippen molar-refractivity contribution in [2.75, 3.05) is 7.05 Å². The molecule has 0 spiro atoms. The molecule has 0 saturated carbocycles. The molecule has 1 heterocycles. The van der Waals surface area contributed by atoms with Gasteiger partial charge in [0, 0.05) is 30.7 Å². The molecule has 0 bridgehead atoms. The topological polar surface area (TPSA) is 28.4 Å². The summed E-state index contributed by atoms with van der Waals surface area (Å²) in [6, 6.07) is 10.8. The Morgan fingerprint density at radius 2 is 1.76 bits per heavy atom. The van der Waals surface area contributed by atoms with E-state index in [-0.39, 0.29) is 5.54 Å². The Labute approximate surface area is 128 Å². The van der Waals surface area contributed by atoms with E-state index in [2.05, 4.69) is 62.3 Å². The highest BCUT2D eigenvalue weighted by atomic mass is 16.3. The minimum absolute atomic E-state index is 0.147. The molecule has 0 unspecified atom stereocenters. The fourth-order valence-corrected chi connectivity index (χ4v) is 2.27. The zero-order valence-corrected chi connectivity index (χ0v) is 13.5. The summed E-state index contributed by atoms with van der Waals surface area (Å²) in [6.45, 7) is 9.32. The quantitative estimate of drug-likeness (QED) is 0.875. The summed E-state index contributed by atoms with van der Waals surface area (Å²) in [5, 5.41) is 3.53. The Kier molecular flexibility index (Phi) is 5.21. The van der Waals surface area contributed by atoms with Crippen LogP contribution in [0.2, 0.25) is 0 Å². The van der Waals surface area contributed by atoms with Crippen LogP contribution in [0.25, 0.3) is 0 Å². The first-order chi connectivity index (χ1) is 9.92. The van der Waals surface area contributed by atoms with Gasteiger partial charge >= 0.3 is 0 Å². The van der Waals surface area contributed by atoms with Gasteiger partial charge in [-0.2, -0.15) is 0 Å². The van der Waals surface area contributed by atoms with Crippen molar-refractivity contribution in [3.05, 3.63) is 59.5 Å². The lowest BCUT2D eigenvalue weighted by atomic mass is 10.1. The minimum atomic E-state index is 0.147. The summed E-state index contributed by atoms with van der Waals surface area (Å²) in [6.07, 6.45) is 3.53. The van der Waals surface area contributed by atoms with E-state index in [1.807, 2.05) is 6.07 Å². The van der Waals surface area contributed by atoms with Crippen LogP contribution in [0.1, 0.15) is 37.5 Å². The largest absolute Gasteiger partial charge is 0.472 e. The van der Waals surface area contributed by atoms with Crippen molar-refractivity contribution in [3.8, 4) is 0 Å². The second-order valence-electron chi connectivity index (χ2n) is 6.73. The summed E-state index contributed by atoms with van der Waals surface area (Å²) in [7, 11) is 2.13. The monoisotopic (exact) mass is 286 g/mol. The summed E-state index contributed by atoms with van der Waals surface area (Å²) < 4.78 is 5.11. The van der Waals surface area contributed by atoms with Gasteiger partial charge in [-0.1, -0.05) is 24.3 Å². The molecule has 0 saturated heterocycles. The molecule has 3 heteroatoms. The average molecular weight is 286 g/mol. The molecule has 0 aliphatic rings. The molecule has 1 aromatic carbocycles. The molecule has 0 fully saturated rings. The lowest BCUT2D eigenvalue weighted by Gasteiger charge is -2.21. The Morgan fingerprint density at radius 3 is 2.43 bits per heavy atom. The van der Waals surface area contributed by atoms with E-state index in [9.17, 15) is 0 Å². The summed E-state index contributed by atoms with van der Waals surface area (Å²) in [5.41, 5.74) is 4.03. The molecule has 1 aromatic heterocycles. The first-order valence-electron chi connectivity index (χ1n) is 7.45. The number of furan rings is 1. The van der Waals surface area contributed by atoms with E-state index < -0.39 is 0 Å². The molecule has 2 aromatic rings. The third kappa shape index (κ3) is 5.74. The van der Waals surface area contributed by atoms with Crippen molar-refractivity contribution < 1.29 is 4.42 Å². The smallest absolute Gasteiger partial charge is 0.0947 e. The van der Waals surface area contributed by atoms with Crippen molar-refractivity contribution in [1.29, 1.82) is 0 Å². The highest BCUT2D eigenvalue weighted by molar-refractivity contribution is 5.23. The van der Waals surface area contributed by atoms with Crippen LogP contribution in [0.5, 0.6) is 0 Å². The third-order valence-corrected chi connectivity index (χ3v) is 3.30. The van der Waals surface area contributed by atoms with Crippen molar-refractivity contribution >= 4 is 0 Å². The molecule has 114 valence electrons. The molecular formula is C18H26N2O. The number of nitrogens with zero attached hydrogens (tertiary/aromatic N) is 1. The zero-order chi connectivity index (χ0) is 15.3. The molecule has 0 radical (unpaired) electrons. The van der Waals surface area contributed by atoms with Gasteiger partial charge in [-0.15, -0.1) is 0 Å². The van der Waals surface area contributed by atoms with Gasteiger partial charge in [0.05, 0.1) is 12.5 Å². The zero-order valence-electron chi connectivity index (χ0n) is 13.5. The second kappa shape index (κ2) is 6.92. The molecule has 21 heavy (non-hydrogen) atoms. The third-order valence-electron chi connectivity index (χ3n) is 3.30. The van der Waals surface area contributed by atoms with Crippen molar-refractivity contribution in [2.24, 2.45) is 0 Å². The van der Waals surface area contributed by atoms with Crippen LogP contribution < -0.4 is 5.32 Å². The Hall–Kier alpha value is -1.58. The van der Waals surface area contributed by atoms with Crippen molar-refractivity contribution in [3.63, 3.8) is 0 Å². The first kappa shape index (κ1) is 15.8. The molecule has 2 rings (SSSR count). The van der Waals surface area contributed by atoms with Gasteiger partial charge in [0.15, 0.2) is 0 Å². The number of benzene rings is 1. The molecule has 0 amide bonds. The average Bonchev–Trinajstić information content (AvgIpc) is 2.88. The van der Waals surface area contributed by atoms with Gasteiger partial charge in [0.25, 0.3) is 0 Å². The van der Waals surface area contributed by atoms with Gasteiger partial charge in [-0.3, -0.25) is 4.90 Å². The summed E-state index contributed by atoms with van der Waals surface area (Å²) >= 11 is 0.